The molecule has 124 valence electrons. The third-order valence-corrected chi connectivity index (χ3v) is 6.01. The van der Waals surface area contributed by atoms with Gasteiger partial charge < -0.3 is 4.57 Å². The average Bonchev–Trinajstić information content (AvgIpc) is 2.94. The van der Waals surface area contributed by atoms with Gasteiger partial charge in [0.1, 0.15) is 5.82 Å². The van der Waals surface area contributed by atoms with Crippen molar-refractivity contribution < 1.29 is 0 Å². The molecule has 3 rings (SSSR count). The van der Waals surface area contributed by atoms with Crippen LogP contribution in [0.2, 0.25) is 0 Å². The smallest absolute Gasteiger partial charge is 0.191 e. The zero-order valence-corrected chi connectivity index (χ0v) is 15.8. The van der Waals surface area contributed by atoms with Gasteiger partial charge in [0.2, 0.25) is 0 Å². The quantitative estimate of drug-likeness (QED) is 0.581. The second-order valence-electron chi connectivity index (χ2n) is 5.77. The van der Waals surface area contributed by atoms with Crippen molar-refractivity contribution in [1.82, 2.24) is 14.8 Å². The van der Waals surface area contributed by atoms with Crippen molar-refractivity contribution in [3.05, 3.63) is 71.0 Å². The number of thioether (sulfide) groups is 2. The largest absolute Gasteiger partial charge is 0.308 e. The van der Waals surface area contributed by atoms with E-state index in [1.165, 1.54) is 21.6 Å². The summed E-state index contributed by atoms with van der Waals surface area (Å²) in [6, 6.07) is 17.1. The van der Waals surface area contributed by atoms with Gasteiger partial charge in [-0.15, -0.1) is 22.0 Å². The highest BCUT2D eigenvalue weighted by molar-refractivity contribution is 7.98. The predicted octanol–water partition coefficient (Wildman–Crippen LogP) is 5.02. The van der Waals surface area contributed by atoms with E-state index in [9.17, 15) is 0 Å². The highest BCUT2D eigenvalue weighted by Crippen LogP contribution is 2.26. The minimum Gasteiger partial charge on any atom is -0.308 e. The number of benzene rings is 2. The molecule has 0 N–H and O–H groups in total. The summed E-state index contributed by atoms with van der Waals surface area (Å²) in [5, 5.41) is 9.67. The van der Waals surface area contributed by atoms with Crippen LogP contribution in [-0.4, -0.2) is 14.8 Å². The summed E-state index contributed by atoms with van der Waals surface area (Å²) >= 11 is 3.53. The molecule has 0 spiro atoms. The number of aryl methyl sites for hydroxylation is 2. The van der Waals surface area contributed by atoms with Gasteiger partial charge in [0.05, 0.1) is 5.75 Å². The fraction of sp³-hybridized carbons (Fsp3) is 0.263. The Hall–Kier alpha value is -1.72. The SMILES string of the molecule is Cc1ccc(SCc2nnc(SCc3ccccc3C)n2C)cc1. The molecule has 2 aromatic carbocycles. The Labute approximate surface area is 151 Å². The molecule has 0 radical (unpaired) electrons. The molecule has 0 fully saturated rings. The topological polar surface area (TPSA) is 30.7 Å². The first kappa shape index (κ1) is 17.1. The van der Waals surface area contributed by atoms with E-state index < -0.39 is 0 Å². The molecule has 0 amide bonds. The minimum atomic E-state index is 0.831. The van der Waals surface area contributed by atoms with Crippen molar-refractivity contribution in [2.75, 3.05) is 0 Å². The van der Waals surface area contributed by atoms with Crippen LogP contribution in [0, 0.1) is 13.8 Å². The molecular weight excluding hydrogens is 334 g/mol. The Bertz CT molecular complexity index is 810. The van der Waals surface area contributed by atoms with Crippen LogP contribution in [0.5, 0.6) is 0 Å². The molecule has 0 atom stereocenters. The van der Waals surface area contributed by atoms with Gasteiger partial charge in [-0.3, -0.25) is 0 Å². The maximum atomic E-state index is 4.35. The molecule has 5 heteroatoms. The molecule has 0 aliphatic rings. The van der Waals surface area contributed by atoms with Crippen molar-refractivity contribution >= 4 is 23.5 Å². The van der Waals surface area contributed by atoms with E-state index in [1.807, 2.05) is 7.05 Å². The summed E-state index contributed by atoms with van der Waals surface area (Å²) in [6.07, 6.45) is 0. The summed E-state index contributed by atoms with van der Waals surface area (Å²) in [7, 11) is 2.05. The number of hydrogen-bond acceptors (Lipinski definition) is 4. The van der Waals surface area contributed by atoms with Crippen LogP contribution in [0.15, 0.2) is 58.6 Å². The highest BCUT2D eigenvalue weighted by Gasteiger charge is 2.10. The zero-order valence-electron chi connectivity index (χ0n) is 14.2. The van der Waals surface area contributed by atoms with E-state index in [-0.39, 0.29) is 0 Å². The maximum absolute atomic E-state index is 4.35. The van der Waals surface area contributed by atoms with E-state index >= 15 is 0 Å². The third kappa shape index (κ3) is 4.22. The molecule has 24 heavy (non-hydrogen) atoms. The average molecular weight is 356 g/mol. The lowest BCUT2D eigenvalue weighted by molar-refractivity contribution is 0.761. The van der Waals surface area contributed by atoms with Crippen LogP contribution < -0.4 is 0 Å². The van der Waals surface area contributed by atoms with Gasteiger partial charge in [0.15, 0.2) is 5.16 Å². The Balaban J connectivity index is 1.61. The Morgan fingerprint density at radius 3 is 2.38 bits per heavy atom. The van der Waals surface area contributed by atoms with Crippen molar-refractivity contribution in [3.63, 3.8) is 0 Å². The lowest BCUT2D eigenvalue weighted by atomic mass is 10.1. The normalized spacial score (nSPS) is 11.0. The first-order chi connectivity index (χ1) is 11.6. The van der Waals surface area contributed by atoms with E-state index in [1.54, 1.807) is 23.5 Å². The van der Waals surface area contributed by atoms with Crippen molar-refractivity contribution in [3.8, 4) is 0 Å². The molecule has 3 aromatic rings. The Morgan fingerprint density at radius 2 is 1.62 bits per heavy atom. The Morgan fingerprint density at radius 1 is 0.875 bits per heavy atom. The molecule has 3 nitrogen and oxygen atoms in total. The second kappa shape index (κ2) is 7.90. The molecule has 0 saturated heterocycles. The maximum Gasteiger partial charge on any atom is 0.191 e. The number of nitrogens with zero attached hydrogens (tertiary/aromatic N) is 3. The standard InChI is InChI=1S/C19H21N3S2/c1-14-8-10-17(11-9-14)23-13-18-20-21-19(22(18)3)24-12-16-7-5-4-6-15(16)2/h4-11H,12-13H2,1-3H3. The van der Waals surface area contributed by atoms with Crippen LogP contribution >= 0.6 is 23.5 Å². The number of aromatic nitrogens is 3. The van der Waals surface area contributed by atoms with Gasteiger partial charge in [-0.2, -0.15) is 0 Å². The van der Waals surface area contributed by atoms with Crippen LogP contribution in [0.25, 0.3) is 0 Å². The van der Waals surface area contributed by atoms with Gasteiger partial charge in [0.25, 0.3) is 0 Å². The molecule has 0 bridgehead atoms. The van der Waals surface area contributed by atoms with Gasteiger partial charge in [-0.25, -0.2) is 0 Å². The zero-order chi connectivity index (χ0) is 16.9. The second-order valence-corrected chi connectivity index (χ2v) is 7.77. The summed E-state index contributed by atoms with van der Waals surface area (Å²) < 4.78 is 2.10. The molecular formula is C19H21N3S2. The number of rotatable bonds is 6. The third-order valence-electron chi connectivity index (χ3n) is 3.93. The van der Waals surface area contributed by atoms with Gasteiger partial charge in [0, 0.05) is 17.7 Å². The number of hydrogen-bond donors (Lipinski definition) is 0. The summed E-state index contributed by atoms with van der Waals surface area (Å²) in [5.41, 5.74) is 3.95. The van der Waals surface area contributed by atoms with Crippen molar-refractivity contribution in [2.24, 2.45) is 7.05 Å². The van der Waals surface area contributed by atoms with Gasteiger partial charge in [-0.1, -0.05) is 53.7 Å². The van der Waals surface area contributed by atoms with Crippen LogP contribution in [0.4, 0.5) is 0 Å². The minimum absolute atomic E-state index is 0.831. The van der Waals surface area contributed by atoms with E-state index in [2.05, 4.69) is 77.1 Å². The fourth-order valence-corrected chi connectivity index (χ4v) is 4.17. The Kier molecular flexibility index (Phi) is 5.63. The molecule has 0 saturated carbocycles. The first-order valence-corrected chi connectivity index (χ1v) is 9.85. The van der Waals surface area contributed by atoms with Gasteiger partial charge in [-0.05, 0) is 37.1 Å². The van der Waals surface area contributed by atoms with E-state index in [0.29, 0.717) is 0 Å². The molecule has 0 aliphatic carbocycles. The highest BCUT2D eigenvalue weighted by atomic mass is 32.2. The van der Waals surface area contributed by atoms with Crippen LogP contribution in [-0.2, 0) is 18.6 Å². The lowest BCUT2D eigenvalue weighted by Crippen LogP contribution is -1.98. The molecule has 0 unspecified atom stereocenters. The monoisotopic (exact) mass is 355 g/mol. The summed E-state index contributed by atoms with van der Waals surface area (Å²) in [6.45, 7) is 4.26. The molecule has 0 aliphatic heterocycles. The lowest BCUT2D eigenvalue weighted by Gasteiger charge is -2.06. The first-order valence-electron chi connectivity index (χ1n) is 7.88. The fourth-order valence-electron chi connectivity index (χ4n) is 2.29. The van der Waals surface area contributed by atoms with E-state index in [0.717, 1.165) is 22.5 Å². The molecule has 1 aromatic heterocycles. The van der Waals surface area contributed by atoms with Gasteiger partial charge >= 0.3 is 0 Å². The van der Waals surface area contributed by atoms with Crippen LogP contribution in [0.1, 0.15) is 22.5 Å². The van der Waals surface area contributed by atoms with Crippen molar-refractivity contribution in [2.45, 2.75) is 35.4 Å². The predicted molar refractivity (Wildman–Crippen MR) is 102 cm³/mol. The summed E-state index contributed by atoms with van der Waals surface area (Å²) in [5.74, 6) is 2.76. The van der Waals surface area contributed by atoms with Crippen molar-refractivity contribution in [1.29, 1.82) is 0 Å². The van der Waals surface area contributed by atoms with E-state index in [4.69, 9.17) is 0 Å². The summed E-state index contributed by atoms with van der Waals surface area (Å²) in [4.78, 5) is 1.26. The molecule has 1 heterocycles. The van der Waals surface area contributed by atoms with Crippen LogP contribution in [0.3, 0.4) is 0 Å².